The number of benzene rings is 2. The standard InChI is InChI=1S/C26H32O2/c1-19(2)24-15-14-20(3)16-25(24)28-26(27)23(17-21-10-6-4-7-11-21)18-22-12-8-5-9-13-22/h4-13,17,19-20,24-25H,14-16,18H2,1-3H3/b23-17+/t20-,24+,25-/m1/s1. The lowest BCUT2D eigenvalue weighted by atomic mass is 9.75. The molecule has 0 aromatic heterocycles. The Morgan fingerprint density at radius 1 is 1.04 bits per heavy atom. The van der Waals surface area contributed by atoms with Crippen LogP contribution >= 0.6 is 0 Å². The normalized spacial score (nSPS) is 22.9. The number of ether oxygens (including phenoxy) is 1. The van der Waals surface area contributed by atoms with Gasteiger partial charge in [-0.1, -0.05) is 87.9 Å². The van der Waals surface area contributed by atoms with Crippen molar-refractivity contribution >= 4 is 12.0 Å². The van der Waals surface area contributed by atoms with E-state index in [1.807, 2.05) is 54.6 Å². The minimum atomic E-state index is -0.169. The third kappa shape index (κ3) is 5.58. The van der Waals surface area contributed by atoms with Crippen molar-refractivity contribution in [1.82, 2.24) is 0 Å². The Balaban J connectivity index is 1.82. The fraction of sp³-hybridized carbons (Fsp3) is 0.423. The first kappa shape index (κ1) is 20.4. The van der Waals surface area contributed by atoms with Crippen molar-refractivity contribution in [3.8, 4) is 0 Å². The summed E-state index contributed by atoms with van der Waals surface area (Å²) in [5.41, 5.74) is 2.87. The van der Waals surface area contributed by atoms with E-state index in [4.69, 9.17) is 4.74 Å². The molecule has 1 aliphatic rings. The third-order valence-electron chi connectivity index (χ3n) is 5.86. The molecule has 2 nitrogen and oxygen atoms in total. The molecule has 0 heterocycles. The molecule has 1 saturated carbocycles. The zero-order chi connectivity index (χ0) is 19.9. The van der Waals surface area contributed by atoms with Crippen LogP contribution in [0.2, 0.25) is 0 Å². The van der Waals surface area contributed by atoms with Crippen molar-refractivity contribution in [2.45, 2.75) is 52.6 Å². The Morgan fingerprint density at radius 3 is 2.32 bits per heavy atom. The summed E-state index contributed by atoms with van der Waals surface area (Å²) in [5.74, 6) is 1.43. The lowest BCUT2D eigenvalue weighted by molar-refractivity contribution is -0.151. The van der Waals surface area contributed by atoms with E-state index in [9.17, 15) is 4.79 Å². The Kier molecular flexibility index (Phi) is 7.08. The van der Waals surface area contributed by atoms with E-state index in [1.54, 1.807) is 0 Å². The van der Waals surface area contributed by atoms with Gasteiger partial charge in [0, 0.05) is 12.0 Å². The van der Waals surface area contributed by atoms with Gasteiger partial charge in [0.25, 0.3) is 0 Å². The SMILES string of the molecule is CC(C)[C@@H]1CC[C@@H](C)C[C@H]1OC(=O)/C(=C/c1ccccc1)Cc1ccccc1. The predicted octanol–water partition coefficient (Wildman–Crippen LogP) is 6.32. The highest BCUT2D eigenvalue weighted by Crippen LogP contribution is 2.35. The molecule has 0 radical (unpaired) electrons. The number of hydrogen-bond donors (Lipinski definition) is 0. The molecule has 0 N–H and O–H groups in total. The van der Waals surface area contributed by atoms with Crippen LogP contribution < -0.4 is 0 Å². The Bertz CT molecular complexity index is 777. The second-order valence-corrected chi connectivity index (χ2v) is 8.51. The van der Waals surface area contributed by atoms with Crippen molar-refractivity contribution < 1.29 is 9.53 Å². The molecule has 28 heavy (non-hydrogen) atoms. The topological polar surface area (TPSA) is 26.3 Å². The first-order valence-corrected chi connectivity index (χ1v) is 10.5. The molecule has 0 unspecified atom stereocenters. The van der Waals surface area contributed by atoms with Gasteiger partial charge in [0.2, 0.25) is 0 Å². The van der Waals surface area contributed by atoms with Gasteiger partial charge in [-0.05, 0) is 47.8 Å². The molecule has 3 atom stereocenters. The Hall–Kier alpha value is -2.35. The van der Waals surface area contributed by atoms with Gasteiger partial charge in [-0.15, -0.1) is 0 Å². The lowest BCUT2D eigenvalue weighted by Gasteiger charge is -2.36. The molecule has 0 amide bonds. The highest BCUT2D eigenvalue weighted by molar-refractivity contribution is 5.94. The first-order valence-electron chi connectivity index (χ1n) is 10.5. The van der Waals surface area contributed by atoms with E-state index in [1.165, 1.54) is 6.42 Å². The molecule has 0 aliphatic heterocycles. The van der Waals surface area contributed by atoms with Crippen LogP contribution in [0.4, 0.5) is 0 Å². The van der Waals surface area contributed by atoms with E-state index in [2.05, 4.69) is 32.9 Å². The quantitative estimate of drug-likeness (QED) is 0.436. The molecule has 0 saturated heterocycles. The van der Waals surface area contributed by atoms with E-state index in [0.717, 1.165) is 29.5 Å². The molecule has 1 aliphatic carbocycles. The van der Waals surface area contributed by atoms with E-state index >= 15 is 0 Å². The van der Waals surface area contributed by atoms with Gasteiger partial charge in [-0.2, -0.15) is 0 Å². The van der Waals surface area contributed by atoms with E-state index in [0.29, 0.717) is 24.2 Å². The van der Waals surface area contributed by atoms with Crippen LogP contribution in [0.5, 0.6) is 0 Å². The van der Waals surface area contributed by atoms with Gasteiger partial charge in [-0.25, -0.2) is 4.79 Å². The maximum Gasteiger partial charge on any atom is 0.334 e. The summed E-state index contributed by atoms with van der Waals surface area (Å²) in [5, 5.41) is 0. The first-order chi connectivity index (χ1) is 13.5. The van der Waals surface area contributed by atoms with Gasteiger partial charge in [0.15, 0.2) is 0 Å². The van der Waals surface area contributed by atoms with Crippen LogP contribution in [0.3, 0.4) is 0 Å². The van der Waals surface area contributed by atoms with Crippen LogP contribution in [0.15, 0.2) is 66.2 Å². The summed E-state index contributed by atoms with van der Waals surface area (Å²) in [6.07, 6.45) is 5.93. The summed E-state index contributed by atoms with van der Waals surface area (Å²) < 4.78 is 6.14. The molecule has 0 spiro atoms. The van der Waals surface area contributed by atoms with Crippen LogP contribution in [0.25, 0.3) is 6.08 Å². The average molecular weight is 377 g/mol. The average Bonchev–Trinajstić information content (AvgIpc) is 2.69. The van der Waals surface area contributed by atoms with E-state index in [-0.39, 0.29) is 12.1 Å². The van der Waals surface area contributed by atoms with Crippen molar-refractivity contribution in [1.29, 1.82) is 0 Å². The number of esters is 1. The van der Waals surface area contributed by atoms with Crippen LogP contribution in [0, 0.1) is 17.8 Å². The zero-order valence-corrected chi connectivity index (χ0v) is 17.3. The summed E-state index contributed by atoms with van der Waals surface area (Å²) in [6.45, 7) is 6.75. The predicted molar refractivity (Wildman–Crippen MR) is 116 cm³/mol. The van der Waals surface area contributed by atoms with Crippen LogP contribution in [-0.2, 0) is 16.0 Å². The summed E-state index contributed by atoms with van der Waals surface area (Å²) in [6, 6.07) is 20.2. The minimum Gasteiger partial charge on any atom is -0.459 e. The molecular weight excluding hydrogens is 344 g/mol. The van der Waals surface area contributed by atoms with Crippen molar-refractivity contribution in [2.75, 3.05) is 0 Å². The molecule has 3 rings (SSSR count). The fourth-order valence-corrected chi connectivity index (χ4v) is 4.21. The molecular formula is C26H32O2. The molecule has 1 fully saturated rings. The summed E-state index contributed by atoms with van der Waals surface area (Å²) in [7, 11) is 0. The highest BCUT2D eigenvalue weighted by atomic mass is 16.5. The molecule has 0 bridgehead atoms. The van der Waals surface area contributed by atoms with Crippen molar-refractivity contribution in [3.63, 3.8) is 0 Å². The molecule has 2 heteroatoms. The smallest absolute Gasteiger partial charge is 0.334 e. The number of hydrogen-bond acceptors (Lipinski definition) is 2. The Morgan fingerprint density at radius 2 is 1.68 bits per heavy atom. The van der Waals surface area contributed by atoms with Crippen molar-refractivity contribution in [2.24, 2.45) is 17.8 Å². The van der Waals surface area contributed by atoms with Gasteiger partial charge in [0.1, 0.15) is 6.10 Å². The summed E-state index contributed by atoms with van der Waals surface area (Å²) in [4.78, 5) is 13.2. The fourth-order valence-electron chi connectivity index (χ4n) is 4.21. The second kappa shape index (κ2) is 9.73. The van der Waals surface area contributed by atoms with Gasteiger partial charge in [0.05, 0.1) is 0 Å². The Labute approximate surface area is 169 Å². The van der Waals surface area contributed by atoms with Crippen LogP contribution in [-0.4, -0.2) is 12.1 Å². The summed E-state index contributed by atoms with van der Waals surface area (Å²) >= 11 is 0. The van der Waals surface area contributed by atoms with Crippen LogP contribution in [0.1, 0.15) is 51.2 Å². The second-order valence-electron chi connectivity index (χ2n) is 8.51. The van der Waals surface area contributed by atoms with Crippen molar-refractivity contribution in [3.05, 3.63) is 77.4 Å². The molecule has 148 valence electrons. The zero-order valence-electron chi connectivity index (χ0n) is 17.3. The highest BCUT2D eigenvalue weighted by Gasteiger charge is 2.33. The number of rotatable bonds is 6. The van der Waals surface area contributed by atoms with E-state index < -0.39 is 0 Å². The maximum atomic E-state index is 13.2. The number of carbonyl (C=O) groups excluding carboxylic acids is 1. The third-order valence-corrected chi connectivity index (χ3v) is 5.86. The largest absolute Gasteiger partial charge is 0.459 e. The monoisotopic (exact) mass is 376 g/mol. The maximum absolute atomic E-state index is 13.2. The van der Waals surface area contributed by atoms with Gasteiger partial charge >= 0.3 is 5.97 Å². The lowest BCUT2D eigenvalue weighted by Crippen LogP contribution is -2.36. The van der Waals surface area contributed by atoms with Gasteiger partial charge in [-0.3, -0.25) is 0 Å². The molecule has 2 aromatic rings. The number of carbonyl (C=O) groups is 1. The van der Waals surface area contributed by atoms with Gasteiger partial charge < -0.3 is 4.74 Å². The minimum absolute atomic E-state index is 0.0196. The molecule has 2 aromatic carbocycles.